The minimum absolute atomic E-state index is 0. The fraction of sp³-hybridized carbons (Fsp3) is 0.667. The summed E-state index contributed by atoms with van der Waals surface area (Å²) in [7, 11) is 3.22. The van der Waals surface area contributed by atoms with E-state index in [-0.39, 0.29) is 41.6 Å². The van der Waals surface area contributed by atoms with Gasteiger partial charge in [0, 0.05) is 26.7 Å². The average Bonchev–Trinajstić information content (AvgIpc) is 2.71. The van der Waals surface area contributed by atoms with Crippen molar-refractivity contribution in [3.8, 4) is 5.75 Å². The van der Waals surface area contributed by atoms with E-state index in [2.05, 4.69) is 15.5 Å². The molecule has 1 unspecified atom stereocenters. The number of hydrogen-bond donors (Lipinski definition) is 2. The van der Waals surface area contributed by atoms with Gasteiger partial charge in [-0.3, -0.25) is 4.99 Å². The van der Waals surface area contributed by atoms with Crippen molar-refractivity contribution in [3.63, 3.8) is 0 Å². The lowest BCUT2D eigenvalue weighted by Gasteiger charge is -2.31. The highest BCUT2D eigenvalue weighted by Crippen LogP contribution is 2.22. The molecule has 1 aromatic carbocycles. The summed E-state index contributed by atoms with van der Waals surface area (Å²) < 4.78 is 24.1. The molecular formula is C21H36FIN4O2. The van der Waals surface area contributed by atoms with E-state index in [1.54, 1.807) is 13.2 Å². The fourth-order valence-electron chi connectivity index (χ4n) is 3.39. The Hall–Kier alpha value is -1.13. The largest absolute Gasteiger partial charge is 0.494 e. The molecule has 0 spiro atoms. The number of halogens is 2. The minimum atomic E-state index is -0.351. The number of ether oxygens (including phenoxy) is 2. The maximum Gasteiger partial charge on any atom is 0.191 e. The molecule has 1 aliphatic heterocycles. The lowest BCUT2D eigenvalue weighted by Crippen LogP contribution is -2.40. The summed E-state index contributed by atoms with van der Waals surface area (Å²) in [5.41, 5.74) is 0.857. The molecule has 2 N–H and O–H groups in total. The topological polar surface area (TPSA) is 58.1 Å². The van der Waals surface area contributed by atoms with E-state index in [0.29, 0.717) is 5.92 Å². The van der Waals surface area contributed by atoms with Gasteiger partial charge < -0.3 is 25.0 Å². The van der Waals surface area contributed by atoms with Crippen LogP contribution in [0.3, 0.4) is 0 Å². The van der Waals surface area contributed by atoms with Crippen LogP contribution in [0.4, 0.5) is 4.39 Å². The normalized spacial score (nSPS) is 16.8. The van der Waals surface area contributed by atoms with Crippen molar-refractivity contribution in [1.82, 2.24) is 15.5 Å². The Morgan fingerprint density at radius 2 is 2.03 bits per heavy atom. The van der Waals surface area contributed by atoms with E-state index in [1.165, 1.54) is 13.2 Å². The Balaban J connectivity index is 0.00000420. The van der Waals surface area contributed by atoms with Crippen LogP contribution in [0.15, 0.2) is 23.2 Å². The van der Waals surface area contributed by atoms with Gasteiger partial charge in [0.2, 0.25) is 0 Å². The van der Waals surface area contributed by atoms with Crippen molar-refractivity contribution in [2.75, 3.05) is 53.6 Å². The molecule has 6 nitrogen and oxygen atoms in total. The van der Waals surface area contributed by atoms with Crippen LogP contribution in [0, 0.1) is 11.7 Å². The van der Waals surface area contributed by atoms with Gasteiger partial charge in [0.25, 0.3) is 0 Å². The highest BCUT2D eigenvalue weighted by molar-refractivity contribution is 14.0. The number of hydrogen-bond acceptors (Lipinski definition) is 4. The summed E-state index contributed by atoms with van der Waals surface area (Å²) in [6, 6.07) is 4.98. The number of likely N-dealkylation sites (tertiary alicyclic amines) is 1. The number of guanidine groups is 1. The van der Waals surface area contributed by atoms with E-state index in [1.807, 2.05) is 19.9 Å². The Kier molecular flexibility index (Phi) is 12.5. The smallest absolute Gasteiger partial charge is 0.191 e. The summed E-state index contributed by atoms with van der Waals surface area (Å²) in [6.07, 6.45) is 2.32. The van der Waals surface area contributed by atoms with E-state index >= 15 is 0 Å². The summed E-state index contributed by atoms with van der Waals surface area (Å²) in [6.45, 7) is 9.64. The first-order chi connectivity index (χ1) is 13.6. The van der Waals surface area contributed by atoms with Gasteiger partial charge in [-0.05, 0) is 63.4 Å². The zero-order valence-corrected chi connectivity index (χ0v) is 20.4. The van der Waals surface area contributed by atoms with Gasteiger partial charge in [0.15, 0.2) is 17.5 Å². The maximum atomic E-state index is 14.0. The Bertz CT molecular complexity index is 625. The molecule has 8 heteroatoms. The SMILES string of the molecule is CCNC(=NCC1CCN(CCOC)CC1)NC(C)c1ccc(OC)c(F)c1.I. The van der Waals surface area contributed by atoms with Gasteiger partial charge in [0.1, 0.15) is 0 Å². The van der Waals surface area contributed by atoms with Crippen molar-refractivity contribution in [3.05, 3.63) is 29.6 Å². The van der Waals surface area contributed by atoms with E-state index in [9.17, 15) is 4.39 Å². The first-order valence-electron chi connectivity index (χ1n) is 10.2. The zero-order chi connectivity index (χ0) is 20.4. The third kappa shape index (κ3) is 8.64. The molecule has 29 heavy (non-hydrogen) atoms. The molecule has 1 heterocycles. The van der Waals surface area contributed by atoms with Crippen molar-refractivity contribution < 1.29 is 13.9 Å². The Morgan fingerprint density at radius 1 is 1.31 bits per heavy atom. The first kappa shape index (κ1) is 25.9. The van der Waals surface area contributed by atoms with Gasteiger partial charge in [-0.15, -0.1) is 24.0 Å². The molecule has 1 aliphatic rings. The lowest BCUT2D eigenvalue weighted by molar-refractivity contribution is 0.121. The molecule has 2 rings (SSSR count). The average molecular weight is 522 g/mol. The summed E-state index contributed by atoms with van der Waals surface area (Å²) >= 11 is 0. The molecule has 0 bridgehead atoms. The monoisotopic (exact) mass is 522 g/mol. The van der Waals surface area contributed by atoms with Crippen LogP contribution in [-0.2, 0) is 4.74 Å². The molecule has 1 fully saturated rings. The van der Waals surface area contributed by atoms with E-state index < -0.39 is 0 Å². The quantitative estimate of drug-likeness (QED) is 0.296. The van der Waals surface area contributed by atoms with Crippen LogP contribution >= 0.6 is 24.0 Å². The molecule has 166 valence electrons. The second kappa shape index (κ2) is 14.0. The number of rotatable bonds is 9. The van der Waals surface area contributed by atoms with Crippen LogP contribution in [0.2, 0.25) is 0 Å². The number of nitrogens with one attached hydrogen (secondary N) is 2. The molecule has 0 aliphatic carbocycles. The number of nitrogens with zero attached hydrogens (tertiary/aromatic N) is 2. The molecule has 0 saturated carbocycles. The van der Waals surface area contributed by atoms with Crippen molar-refractivity contribution >= 4 is 29.9 Å². The number of aliphatic imine (C=N–C) groups is 1. The van der Waals surface area contributed by atoms with Crippen LogP contribution in [0.25, 0.3) is 0 Å². The summed E-state index contributed by atoms with van der Waals surface area (Å²) in [5.74, 6) is 1.28. The Morgan fingerprint density at radius 3 is 2.62 bits per heavy atom. The molecule has 1 atom stereocenters. The van der Waals surface area contributed by atoms with Gasteiger partial charge in [-0.25, -0.2) is 4.39 Å². The van der Waals surface area contributed by atoms with Crippen molar-refractivity contribution in [2.45, 2.75) is 32.7 Å². The molecule has 0 amide bonds. The molecular weight excluding hydrogens is 486 g/mol. The number of benzene rings is 1. The summed E-state index contributed by atoms with van der Waals surface area (Å²) in [4.78, 5) is 7.23. The minimum Gasteiger partial charge on any atom is -0.494 e. The third-order valence-electron chi connectivity index (χ3n) is 5.20. The predicted octanol–water partition coefficient (Wildman–Crippen LogP) is 3.43. The lowest BCUT2D eigenvalue weighted by atomic mass is 9.97. The highest BCUT2D eigenvalue weighted by atomic mass is 127. The first-order valence-corrected chi connectivity index (χ1v) is 10.2. The fourth-order valence-corrected chi connectivity index (χ4v) is 3.39. The number of piperidine rings is 1. The second-order valence-electron chi connectivity index (χ2n) is 7.26. The van der Waals surface area contributed by atoms with Gasteiger partial charge in [-0.2, -0.15) is 0 Å². The van der Waals surface area contributed by atoms with E-state index in [0.717, 1.165) is 63.7 Å². The van der Waals surface area contributed by atoms with Crippen LogP contribution in [0.5, 0.6) is 5.75 Å². The molecule has 0 radical (unpaired) electrons. The number of methoxy groups -OCH3 is 2. The molecule has 0 aromatic heterocycles. The molecule has 1 aromatic rings. The summed E-state index contributed by atoms with van der Waals surface area (Å²) in [5, 5.41) is 6.67. The van der Waals surface area contributed by atoms with Crippen molar-refractivity contribution in [2.24, 2.45) is 10.9 Å². The maximum absolute atomic E-state index is 14.0. The molecule has 1 saturated heterocycles. The van der Waals surface area contributed by atoms with Crippen LogP contribution < -0.4 is 15.4 Å². The van der Waals surface area contributed by atoms with Crippen LogP contribution in [0.1, 0.15) is 38.3 Å². The van der Waals surface area contributed by atoms with E-state index in [4.69, 9.17) is 14.5 Å². The highest BCUT2D eigenvalue weighted by Gasteiger charge is 2.19. The van der Waals surface area contributed by atoms with Crippen molar-refractivity contribution in [1.29, 1.82) is 0 Å². The Labute approximate surface area is 191 Å². The zero-order valence-electron chi connectivity index (χ0n) is 18.0. The predicted molar refractivity (Wildman–Crippen MR) is 127 cm³/mol. The van der Waals surface area contributed by atoms with Gasteiger partial charge in [-0.1, -0.05) is 6.07 Å². The third-order valence-corrected chi connectivity index (χ3v) is 5.20. The van der Waals surface area contributed by atoms with Gasteiger partial charge >= 0.3 is 0 Å². The van der Waals surface area contributed by atoms with Crippen LogP contribution in [-0.4, -0.2) is 64.4 Å². The standard InChI is InChI=1S/C21H35FN4O2.HI/c1-5-23-21(24-15-17-8-10-26(11-9-17)12-13-27-3)25-16(2)18-6-7-20(28-4)19(22)14-18;/h6-7,14,16-17H,5,8-13,15H2,1-4H3,(H2,23,24,25);1H. The van der Waals surface area contributed by atoms with Gasteiger partial charge in [0.05, 0.1) is 19.8 Å². The second-order valence-corrected chi connectivity index (χ2v) is 7.26.